The number of hydrogen-bond donors (Lipinski definition) is 1. The Morgan fingerprint density at radius 3 is 2.32 bits per heavy atom. The van der Waals surface area contributed by atoms with Gasteiger partial charge in [0.15, 0.2) is 0 Å². The maximum atomic E-state index is 12.2. The van der Waals surface area contributed by atoms with E-state index in [2.05, 4.69) is 15.5 Å². The molecule has 0 atom stereocenters. The summed E-state index contributed by atoms with van der Waals surface area (Å²) < 4.78 is 10.6. The van der Waals surface area contributed by atoms with Crippen LogP contribution in [0.1, 0.15) is 10.7 Å². The number of ether oxygens (including phenoxy) is 1. The minimum Gasteiger partial charge on any atom is -0.497 e. The zero-order valence-electron chi connectivity index (χ0n) is 14.2. The largest absolute Gasteiger partial charge is 0.497 e. The minimum absolute atomic E-state index is 0.0949. The highest BCUT2D eigenvalue weighted by molar-refractivity contribution is 6.01. The lowest BCUT2D eigenvalue weighted by atomic mass is 10.2. The predicted molar refractivity (Wildman–Crippen MR) is 95.0 cm³/mol. The zero-order valence-corrected chi connectivity index (χ0v) is 14.2. The summed E-state index contributed by atoms with van der Waals surface area (Å²) in [7, 11) is 5.49. The molecular weight excluding hydrogens is 320 g/mol. The van der Waals surface area contributed by atoms with Gasteiger partial charge < -0.3 is 19.4 Å². The summed E-state index contributed by atoms with van der Waals surface area (Å²) in [4.78, 5) is 14.2. The maximum Gasteiger partial charge on any atom is 0.313 e. The number of rotatable bonds is 5. The van der Waals surface area contributed by atoms with Crippen molar-refractivity contribution in [1.82, 2.24) is 10.2 Å². The minimum atomic E-state index is -0.454. The second kappa shape index (κ2) is 7.04. The number of carbonyl (C=O) groups is 1. The first-order valence-electron chi connectivity index (χ1n) is 7.63. The van der Waals surface area contributed by atoms with E-state index < -0.39 is 5.91 Å². The lowest BCUT2D eigenvalue weighted by Gasteiger charge is -2.12. The standard InChI is InChI=1S/C18H18N4O3/c1-22(2)14-8-6-13(7-9-14)19-16(23)18-21-20-17(25-18)12-4-10-15(24-3)11-5-12/h4-11H,1-3H3,(H,19,23). The van der Waals surface area contributed by atoms with Gasteiger partial charge in [0.25, 0.3) is 0 Å². The van der Waals surface area contributed by atoms with Gasteiger partial charge in [-0.25, -0.2) is 0 Å². The van der Waals surface area contributed by atoms with Crippen LogP contribution in [-0.4, -0.2) is 37.3 Å². The number of amides is 1. The van der Waals surface area contributed by atoms with Crippen LogP contribution in [0.3, 0.4) is 0 Å². The summed E-state index contributed by atoms with van der Waals surface area (Å²) in [5.74, 6) is 0.450. The molecule has 1 heterocycles. The molecule has 128 valence electrons. The molecule has 0 saturated carbocycles. The molecule has 0 unspecified atom stereocenters. The van der Waals surface area contributed by atoms with Gasteiger partial charge in [-0.1, -0.05) is 0 Å². The van der Waals surface area contributed by atoms with E-state index in [1.54, 1.807) is 31.4 Å². The lowest BCUT2D eigenvalue weighted by Crippen LogP contribution is -2.13. The van der Waals surface area contributed by atoms with Gasteiger partial charge in [0, 0.05) is 31.0 Å². The van der Waals surface area contributed by atoms with E-state index in [1.807, 2.05) is 43.3 Å². The summed E-state index contributed by atoms with van der Waals surface area (Å²) in [5, 5.41) is 10.5. The Bertz CT molecular complexity index is 855. The van der Waals surface area contributed by atoms with Crippen LogP contribution in [0.15, 0.2) is 52.9 Å². The third-order valence-electron chi connectivity index (χ3n) is 3.60. The molecule has 0 radical (unpaired) electrons. The molecule has 1 amide bonds. The number of anilines is 2. The Kier molecular flexibility index (Phi) is 4.65. The van der Waals surface area contributed by atoms with Crippen molar-refractivity contribution in [3.05, 3.63) is 54.4 Å². The van der Waals surface area contributed by atoms with Crippen LogP contribution in [0.25, 0.3) is 11.5 Å². The maximum absolute atomic E-state index is 12.2. The highest BCUT2D eigenvalue weighted by atomic mass is 16.5. The molecule has 0 fully saturated rings. The van der Waals surface area contributed by atoms with Crippen molar-refractivity contribution in [2.24, 2.45) is 0 Å². The molecular formula is C18H18N4O3. The number of benzene rings is 2. The van der Waals surface area contributed by atoms with Crippen molar-refractivity contribution in [2.75, 3.05) is 31.4 Å². The molecule has 3 aromatic rings. The monoisotopic (exact) mass is 338 g/mol. The van der Waals surface area contributed by atoms with Crippen molar-refractivity contribution in [3.63, 3.8) is 0 Å². The molecule has 0 bridgehead atoms. The summed E-state index contributed by atoms with van der Waals surface area (Å²) in [6, 6.07) is 14.6. The Labute approximate surface area is 145 Å². The van der Waals surface area contributed by atoms with Gasteiger partial charge in [-0.15, -0.1) is 10.2 Å². The average Bonchev–Trinajstić information content (AvgIpc) is 3.12. The van der Waals surface area contributed by atoms with Gasteiger partial charge in [0.1, 0.15) is 5.75 Å². The SMILES string of the molecule is COc1ccc(-c2nnc(C(=O)Nc3ccc(N(C)C)cc3)o2)cc1. The summed E-state index contributed by atoms with van der Waals surface area (Å²) in [5.41, 5.74) is 2.40. The van der Waals surface area contributed by atoms with Crippen molar-refractivity contribution in [1.29, 1.82) is 0 Å². The van der Waals surface area contributed by atoms with Gasteiger partial charge >= 0.3 is 11.8 Å². The van der Waals surface area contributed by atoms with E-state index in [4.69, 9.17) is 9.15 Å². The van der Waals surface area contributed by atoms with Crippen LogP contribution in [0, 0.1) is 0 Å². The van der Waals surface area contributed by atoms with Crippen LogP contribution >= 0.6 is 0 Å². The first-order valence-corrected chi connectivity index (χ1v) is 7.63. The summed E-state index contributed by atoms with van der Waals surface area (Å²) in [6.07, 6.45) is 0. The topological polar surface area (TPSA) is 80.5 Å². The normalized spacial score (nSPS) is 10.4. The highest BCUT2D eigenvalue weighted by Crippen LogP contribution is 2.22. The highest BCUT2D eigenvalue weighted by Gasteiger charge is 2.16. The zero-order chi connectivity index (χ0) is 17.8. The van der Waals surface area contributed by atoms with E-state index >= 15 is 0 Å². The van der Waals surface area contributed by atoms with Crippen LogP contribution in [-0.2, 0) is 0 Å². The van der Waals surface area contributed by atoms with Crippen LogP contribution in [0.2, 0.25) is 0 Å². The Morgan fingerprint density at radius 2 is 1.72 bits per heavy atom. The molecule has 0 aliphatic rings. The first kappa shape index (κ1) is 16.5. The fourth-order valence-electron chi connectivity index (χ4n) is 2.19. The fourth-order valence-corrected chi connectivity index (χ4v) is 2.19. The molecule has 0 saturated heterocycles. The summed E-state index contributed by atoms with van der Waals surface area (Å²) >= 11 is 0. The van der Waals surface area contributed by atoms with Crippen LogP contribution < -0.4 is 15.0 Å². The van der Waals surface area contributed by atoms with Crippen molar-refractivity contribution in [2.45, 2.75) is 0 Å². The predicted octanol–water partition coefficient (Wildman–Crippen LogP) is 3.06. The van der Waals surface area contributed by atoms with Gasteiger partial charge in [-0.2, -0.15) is 0 Å². The van der Waals surface area contributed by atoms with Crippen molar-refractivity contribution >= 4 is 17.3 Å². The molecule has 2 aromatic carbocycles. The van der Waals surface area contributed by atoms with Gasteiger partial charge in [0.2, 0.25) is 5.89 Å². The van der Waals surface area contributed by atoms with Crippen molar-refractivity contribution in [3.8, 4) is 17.2 Å². The number of hydrogen-bond acceptors (Lipinski definition) is 6. The lowest BCUT2D eigenvalue weighted by molar-refractivity contribution is 0.0991. The molecule has 0 spiro atoms. The molecule has 1 N–H and O–H groups in total. The van der Waals surface area contributed by atoms with Crippen LogP contribution in [0.4, 0.5) is 11.4 Å². The Morgan fingerprint density at radius 1 is 1.04 bits per heavy atom. The van der Waals surface area contributed by atoms with Crippen LogP contribution in [0.5, 0.6) is 5.75 Å². The third kappa shape index (κ3) is 3.77. The fraction of sp³-hybridized carbons (Fsp3) is 0.167. The first-order chi connectivity index (χ1) is 12.1. The third-order valence-corrected chi connectivity index (χ3v) is 3.60. The smallest absolute Gasteiger partial charge is 0.313 e. The quantitative estimate of drug-likeness (QED) is 0.770. The average molecular weight is 338 g/mol. The Balaban J connectivity index is 1.71. The number of nitrogens with zero attached hydrogens (tertiary/aromatic N) is 3. The van der Waals surface area contributed by atoms with E-state index in [9.17, 15) is 4.79 Å². The molecule has 25 heavy (non-hydrogen) atoms. The van der Waals surface area contributed by atoms with Gasteiger partial charge in [0.05, 0.1) is 7.11 Å². The van der Waals surface area contributed by atoms with Crippen molar-refractivity contribution < 1.29 is 13.9 Å². The molecule has 3 rings (SSSR count). The van der Waals surface area contributed by atoms with Gasteiger partial charge in [-0.3, -0.25) is 4.79 Å². The second-order valence-electron chi connectivity index (χ2n) is 5.54. The molecule has 0 aliphatic carbocycles. The second-order valence-corrected chi connectivity index (χ2v) is 5.54. The van der Waals surface area contributed by atoms with E-state index in [-0.39, 0.29) is 11.8 Å². The summed E-state index contributed by atoms with van der Waals surface area (Å²) in [6.45, 7) is 0. The number of carbonyl (C=O) groups excluding carboxylic acids is 1. The van der Waals surface area contributed by atoms with E-state index in [1.165, 1.54) is 0 Å². The molecule has 1 aromatic heterocycles. The molecule has 0 aliphatic heterocycles. The number of methoxy groups -OCH3 is 1. The van der Waals surface area contributed by atoms with E-state index in [0.717, 1.165) is 11.4 Å². The number of nitrogens with one attached hydrogen (secondary N) is 1. The molecule has 7 heteroatoms. The molecule has 7 nitrogen and oxygen atoms in total. The van der Waals surface area contributed by atoms with E-state index in [0.29, 0.717) is 11.3 Å². The Hall–Kier alpha value is -3.35. The number of aromatic nitrogens is 2. The van der Waals surface area contributed by atoms with Gasteiger partial charge in [-0.05, 0) is 48.5 Å².